The van der Waals surface area contributed by atoms with Crippen molar-refractivity contribution >= 4 is 11.6 Å². The Morgan fingerprint density at radius 3 is 2.79 bits per heavy atom. The van der Waals surface area contributed by atoms with Gasteiger partial charge in [-0.15, -0.1) is 0 Å². The fourth-order valence-electron chi connectivity index (χ4n) is 1.69. The van der Waals surface area contributed by atoms with E-state index in [0.29, 0.717) is 22.2 Å². The molecule has 100 valence electrons. The third kappa shape index (κ3) is 2.98. The normalized spacial score (nSPS) is 12.2. The van der Waals surface area contributed by atoms with Gasteiger partial charge in [-0.2, -0.15) is 0 Å². The van der Waals surface area contributed by atoms with Gasteiger partial charge in [-0.25, -0.2) is 19.8 Å². The van der Waals surface area contributed by atoms with Crippen molar-refractivity contribution in [3.8, 4) is 5.88 Å². The molecule has 1 heterocycles. The van der Waals surface area contributed by atoms with Crippen LogP contribution in [0.4, 0.5) is 4.39 Å². The van der Waals surface area contributed by atoms with Gasteiger partial charge >= 0.3 is 0 Å². The summed E-state index contributed by atoms with van der Waals surface area (Å²) in [6, 6.07) is 5.33. The van der Waals surface area contributed by atoms with Crippen molar-refractivity contribution < 1.29 is 9.13 Å². The molecule has 0 amide bonds. The number of hydrogen-bond acceptors (Lipinski definition) is 5. The molecule has 1 atom stereocenters. The average molecular weight is 283 g/mol. The predicted octanol–water partition coefficient (Wildman–Crippen LogP) is 1.83. The van der Waals surface area contributed by atoms with Crippen LogP contribution in [-0.4, -0.2) is 17.1 Å². The molecule has 2 aromatic rings. The Morgan fingerprint density at radius 1 is 1.37 bits per heavy atom. The first kappa shape index (κ1) is 13.7. The highest BCUT2D eigenvalue weighted by molar-refractivity contribution is 6.30. The lowest BCUT2D eigenvalue weighted by Crippen LogP contribution is -2.30. The molecular formula is C12H12ClFN4O. The number of methoxy groups -OCH3 is 1. The number of benzene rings is 1. The average Bonchev–Trinajstić information content (AvgIpc) is 2.42. The van der Waals surface area contributed by atoms with E-state index in [1.165, 1.54) is 19.5 Å². The van der Waals surface area contributed by atoms with E-state index in [1.54, 1.807) is 18.2 Å². The highest BCUT2D eigenvalue weighted by Gasteiger charge is 2.19. The quantitative estimate of drug-likeness (QED) is 0.661. The minimum absolute atomic E-state index is 0.317. The standard InChI is InChI=1S/C12H12ClFN4O/c1-19-11-5-10(16-6-17-11)12(18-15)8-3-2-7(13)4-9(8)14/h2-6,12,18H,15H2,1H3. The molecule has 19 heavy (non-hydrogen) atoms. The molecule has 1 aromatic carbocycles. The second-order valence-corrected chi connectivity index (χ2v) is 4.19. The van der Waals surface area contributed by atoms with Crippen LogP contribution < -0.4 is 16.0 Å². The summed E-state index contributed by atoms with van der Waals surface area (Å²) in [4.78, 5) is 7.95. The fourth-order valence-corrected chi connectivity index (χ4v) is 1.85. The highest BCUT2D eigenvalue weighted by atomic mass is 35.5. The number of rotatable bonds is 4. The van der Waals surface area contributed by atoms with E-state index in [9.17, 15) is 4.39 Å². The largest absolute Gasteiger partial charge is 0.481 e. The van der Waals surface area contributed by atoms with Crippen LogP contribution in [0.5, 0.6) is 5.88 Å². The maximum Gasteiger partial charge on any atom is 0.216 e. The lowest BCUT2D eigenvalue weighted by Gasteiger charge is -2.16. The van der Waals surface area contributed by atoms with Crippen LogP contribution in [0.2, 0.25) is 5.02 Å². The van der Waals surface area contributed by atoms with Crippen LogP contribution in [0.15, 0.2) is 30.6 Å². The molecule has 0 fully saturated rings. The van der Waals surface area contributed by atoms with E-state index in [4.69, 9.17) is 22.2 Å². The van der Waals surface area contributed by atoms with Crippen molar-refractivity contribution in [2.75, 3.05) is 7.11 Å². The third-order valence-electron chi connectivity index (χ3n) is 2.61. The zero-order chi connectivity index (χ0) is 13.8. The maximum atomic E-state index is 13.9. The Balaban J connectivity index is 2.43. The molecule has 0 saturated heterocycles. The molecule has 0 aliphatic heterocycles. The topological polar surface area (TPSA) is 73.1 Å². The minimum atomic E-state index is -0.617. The molecule has 7 heteroatoms. The van der Waals surface area contributed by atoms with Crippen molar-refractivity contribution in [1.82, 2.24) is 15.4 Å². The number of hydrogen-bond donors (Lipinski definition) is 2. The first-order valence-electron chi connectivity index (χ1n) is 5.42. The summed E-state index contributed by atoms with van der Waals surface area (Å²) >= 11 is 5.72. The van der Waals surface area contributed by atoms with E-state index in [-0.39, 0.29) is 0 Å². The Labute approximate surface area is 114 Å². The minimum Gasteiger partial charge on any atom is -0.481 e. The third-order valence-corrected chi connectivity index (χ3v) is 2.84. The predicted molar refractivity (Wildman–Crippen MR) is 69.2 cm³/mol. The van der Waals surface area contributed by atoms with E-state index >= 15 is 0 Å². The molecule has 0 aliphatic carbocycles. The van der Waals surface area contributed by atoms with Gasteiger partial charge in [0.15, 0.2) is 0 Å². The SMILES string of the molecule is COc1cc(C(NN)c2ccc(Cl)cc2F)ncn1. The smallest absolute Gasteiger partial charge is 0.216 e. The van der Waals surface area contributed by atoms with Crippen molar-refractivity contribution in [2.45, 2.75) is 6.04 Å². The second kappa shape index (κ2) is 5.92. The fraction of sp³-hybridized carbons (Fsp3) is 0.167. The molecule has 0 bridgehead atoms. The van der Waals surface area contributed by atoms with Crippen LogP contribution in [0.1, 0.15) is 17.3 Å². The molecule has 1 aromatic heterocycles. The molecule has 0 saturated carbocycles. The molecule has 2 rings (SSSR count). The summed E-state index contributed by atoms with van der Waals surface area (Å²) in [7, 11) is 1.49. The van der Waals surface area contributed by atoms with Crippen molar-refractivity contribution in [3.63, 3.8) is 0 Å². The van der Waals surface area contributed by atoms with Gasteiger partial charge in [-0.1, -0.05) is 17.7 Å². The number of nitrogens with two attached hydrogens (primary N) is 1. The number of aromatic nitrogens is 2. The Morgan fingerprint density at radius 2 is 2.16 bits per heavy atom. The summed E-state index contributed by atoms with van der Waals surface area (Å²) in [5.41, 5.74) is 3.35. The summed E-state index contributed by atoms with van der Waals surface area (Å²) in [6.45, 7) is 0. The number of hydrazine groups is 1. The second-order valence-electron chi connectivity index (χ2n) is 3.75. The number of halogens is 2. The Hall–Kier alpha value is -1.76. The van der Waals surface area contributed by atoms with Crippen LogP contribution >= 0.6 is 11.6 Å². The van der Waals surface area contributed by atoms with Crippen molar-refractivity contribution in [1.29, 1.82) is 0 Å². The zero-order valence-corrected chi connectivity index (χ0v) is 10.9. The van der Waals surface area contributed by atoms with Gasteiger partial charge in [-0.3, -0.25) is 5.84 Å². The van der Waals surface area contributed by atoms with E-state index in [2.05, 4.69) is 15.4 Å². The Bertz CT molecular complexity index is 581. The molecule has 3 N–H and O–H groups in total. The molecule has 1 unspecified atom stereocenters. The number of nitrogens with one attached hydrogen (secondary N) is 1. The zero-order valence-electron chi connectivity index (χ0n) is 10.1. The van der Waals surface area contributed by atoms with Crippen LogP contribution in [0.3, 0.4) is 0 Å². The summed E-state index contributed by atoms with van der Waals surface area (Å²) in [5, 5.41) is 0.317. The van der Waals surface area contributed by atoms with Crippen LogP contribution in [-0.2, 0) is 0 Å². The van der Waals surface area contributed by atoms with Gasteiger partial charge < -0.3 is 4.74 Å². The van der Waals surface area contributed by atoms with Crippen molar-refractivity contribution in [2.24, 2.45) is 5.84 Å². The first-order valence-corrected chi connectivity index (χ1v) is 5.80. The van der Waals surface area contributed by atoms with Crippen LogP contribution in [0, 0.1) is 5.82 Å². The molecule has 5 nitrogen and oxygen atoms in total. The van der Waals surface area contributed by atoms with Crippen LogP contribution in [0.25, 0.3) is 0 Å². The molecule has 0 spiro atoms. The Kier molecular flexibility index (Phi) is 4.26. The number of ether oxygens (including phenoxy) is 1. The summed E-state index contributed by atoms with van der Waals surface area (Å²) in [5.74, 6) is 5.39. The van der Waals surface area contributed by atoms with Gasteiger partial charge in [0.05, 0.1) is 18.8 Å². The van der Waals surface area contributed by atoms with Gasteiger partial charge in [-0.05, 0) is 12.1 Å². The van der Waals surface area contributed by atoms with E-state index in [1.807, 2.05) is 0 Å². The summed E-state index contributed by atoms with van der Waals surface area (Å²) in [6.07, 6.45) is 1.33. The lowest BCUT2D eigenvalue weighted by molar-refractivity contribution is 0.394. The van der Waals surface area contributed by atoms with Crippen molar-refractivity contribution in [3.05, 3.63) is 52.7 Å². The summed E-state index contributed by atoms with van der Waals surface area (Å²) < 4.78 is 18.9. The number of nitrogens with zero attached hydrogens (tertiary/aromatic N) is 2. The van der Waals surface area contributed by atoms with Gasteiger partial charge in [0.2, 0.25) is 5.88 Å². The monoisotopic (exact) mass is 282 g/mol. The van der Waals surface area contributed by atoms with E-state index < -0.39 is 11.9 Å². The maximum absolute atomic E-state index is 13.9. The van der Waals surface area contributed by atoms with Gasteiger partial charge in [0.25, 0.3) is 0 Å². The van der Waals surface area contributed by atoms with Gasteiger partial charge in [0, 0.05) is 16.7 Å². The molecule has 0 radical (unpaired) electrons. The highest BCUT2D eigenvalue weighted by Crippen LogP contribution is 2.25. The molecule has 0 aliphatic rings. The first-order chi connectivity index (χ1) is 9.15. The van der Waals surface area contributed by atoms with E-state index in [0.717, 1.165) is 0 Å². The van der Waals surface area contributed by atoms with Gasteiger partial charge in [0.1, 0.15) is 12.1 Å². The lowest BCUT2D eigenvalue weighted by atomic mass is 10.0. The molecular weight excluding hydrogens is 271 g/mol.